The van der Waals surface area contributed by atoms with Crippen molar-refractivity contribution in [2.24, 2.45) is 0 Å². The van der Waals surface area contributed by atoms with Crippen molar-refractivity contribution in [3.8, 4) is 0 Å². The Bertz CT molecular complexity index is 1050. The van der Waals surface area contributed by atoms with Crippen molar-refractivity contribution in [1.29, 1.82) is 0 Å². The van der Waals surface area contributed by atoms with E-state index in [9.17, 15) is 4.79 Å². The molecule has 3 aromatic rings. The highest BCUT2D eigenvalue weighted by Gasteiger charge is 2.27. The number of carbonyl (C=O) groups excluding carboxylic acids is 1. The Morgan fingerprint density at radius 3 is 2.47 bits per heavy atom. The number of piperazine rings is 1. The van der Waals surface area contributed by atoms with Crippen LogP contribution < -0.4 is 9.80 Å². The van der Waals surface area contributed by atoms with Gasteiger partial charge in [0.2, 0.25) is 5.95 Å². The molecule has 0 radical (unpaired) electrons. The molecule has 3 aromatic heterocycles. The quantitative estimate of drug-likeness (QED) is 0.635. The highest BCUT2D eigenvalue weighted by Crippen LogP contribution is 2.37. The van der Waals surface area contributed by atoms with Crippen LogP contribution in [0.3, 0.4) is 0 Å². The predicted octanol–water partition coefficient (Wildman–Crippen LogP) is 3.85. The summed E-state index contributed by atoms with van der Waals surface area (Å²) < 4.78 is 5.29. The lowest BCUT2D eigenvalue weighted by Crippen LogP contribution is -2.49. The van der Waals surface area contributed by atoms with Crippen LogP contribution in [0, 0.1) is 13.8 Å². The van der Waals surface area contributed by atoms with E-state index < -0.39 is 0 Å². The molecule has 158 valence electrons. The Morgan fingerprint density at radius 2 is 1.77 bits per heavy atom. The normalized spacial score (nSPS) is 17.7. The fraction of sp³-hybridized carbons (Fsp3) is 0.500. The number of amides is 1. The van der Waals surface area contributed by atoms with Gasteiger partial charge in [-0.2, -0.15) is 4.98 Å². The fourth-order valence-electron chi connectivity index (χ4n) is 4.36. The van der Waals surface area contributed by atoms with Gasteiger partial charge < -0.3 is 19.1 Å². The standard InChI is InChI=1S/C22H27N5O2S/c1-15-16(2)30-20-18(15)19(23-22(24-20)27-8-4-3-5-9-27)25-10-12-26(13-11-25)21(28)17-7-6-14-29-17/h6-7,14H,3-5,8-13H2,1-2H3. The van der Waals surface area contributed by atoms with Gasteiger partial charge in [-0.1, -0.05) is 0 Å². The number of piperidine rings is 1. The van der Waals surface area contributed by atoms with Gasteiger partial charge in [-0.3, -0.25) is 4.79 Å². The molecule has 2 saturated heterocycles. The van der Waals surface area contributed by atoms with E-state index in [0.717, 1.165) is 42.8 Å². The van der Waals surface area contributed by atoms with Crippen LogP contribution in [0.5, 0.6) is 0 Å². The highest BCUT2D eigenvalue weighted by atomic mass is 32.1. The first-order valence-electron chi connectivity index (χ1n) is 10.7. The van der Waals surface area contributed by atoms with Crippen molar-refractivity contribution in [3.05, 3.63) is 34.6 Å². The van der Waals surface area contributed by atoms with E-state index in [2.05, 4.69) is 23.6 Å². The molecule has 0 unspecified atom stereocenters. The molecule has 0 aromatic carbocycles. The number of hydrogen-bond acceptors (Lipinski definition) is 7. The van der Waals surface area contributed by atoms with Crippen LogP contribution in [0.4, 0.5) is 11.8 Å². The zero-order valence-electron chi connectivity index (χ0n) is 17.6. The second-order valence-corrected chi connectivity index (χ2v) is 9.32. The minimum Gasteiger partial charge on any atom is -0.459 e. The number of carbonyl (C=O) groups is 1. The summed E-state index contributed by atoms with van der Waals surface area (Å²) in [4.78, 5) is 31.5. The molecule has 0 spiro atoms. The largest absolute Gasteiger partial charge is 0.459 e. The van der Waals surface area contributed by atoms with Crippen LogP contribution in [-0.4, -0.2) is 60.0 Å². The van der Waals surface area contributed by atoms with Gasteiger partial charge in [0.05, 0.1) is 11.6 Å². The first kappa shape index (κ1) is 19.4. The zero-order chi connectivity index (χ0) is 20.7. The monoisotopic (exact) mass is 425 g/mol. The molecule has 8 heteroatoms. The molecule has 5 rings (SSSR count). The molecule has 30 heavy (non-hydrogen) atoms. The summed E-state index contributed by atoms with van der Waals surface area (Å²) in [6.07, 6.45) is 5.24. The van der Waals surface area contributed by atoms with Gasteiger partial charge in [0.1, 0.15) is 10.6 Å². The third-order valence-electron chi connectivity index (χ3n) is 6.24. The van der Waals surface area contributed by atoms with Crippen LogP contribution in [-0.2, 0) is 0 Å². The van der Waals surface area contributed by atoms with Crippen LogP contribution >= 0.6 is 11.3 Å². The maximum Gasteiger partial charge on any atom is 0.289 e. The molecule has 5 heterocycles. The van der Waals surface area contributed by atoms with Crippen LogP contribution in [0.25, 0.3) is 10.2 Å². The van der Waals surface area contributed by atoms with Crippen molar-refractivity contribution in [3.63, 3.8) is 0 Å². The molecule has 0 aliphatic carbocycles. The number of anilines is 2. The Balaban J connectivity index is 1.44. The minimum absolute atomic E-state index is 0.0379. The predicted molar refractivity (Wildman–Crippen MR) is 120 cm³/mol. The molecule has 0 atom stereocenters. The van der Waals surface area contributed by atoms with Gasteiger partial charge in [0, 0.05) is 44.1 Å². The van der Waals surface area contributed by atoms with E-state index in [1.54, 1.807) is 29.7 Å². The first-order valence-corrected chi connectivity index (χ1v) is 11.5. The number of nitrogens with zero attached hydrogens (tertiary/aromatic N) is 5. The summed E-state index contributed by atoms with van der Waals surface area (Å²) in [7, 11) is 0. The number of rotatable bonds is 3. The van der Waals surface area contributed by atoms with Crippen molar-refractivity contribution < 1.29 is 9.21 Å². The molecule has 2 aliphatic heterocycles. The Kier molecular flexibility index (Phi) is 5.10. The topological polar surface area (TPSA) is 65.7 Å². The van der Waals surface area contributed by atoms with Gasteiger partial charge in [-0.05, 0) is 50.8 Å². The van der Waals surface area contributed by atoms with Gasteiger partial charge in [-0.15, -0.1) is 11.3 Å². The molecule has 7 nitrogen and oxygen atoms in total. The lowest BCUT2D eigenvalue weighted by Gasteiger charge is -2.36. The average Bonchev–Trinajstić information content (AvgIpc) is 3.42. The molecule has 0 bridgehead atoms. The zero-order valence-corrected chi connectivity index (χ0v) is 18.4. The number of aromatic nitrogens is 2. The van der Waals surface area contributed by atoms with Crippen LogP contribution in [0.15, 0.2) is 22.8 Å². The van der Waals surface area contributed by atoms with E-state index in [0.29, 0.717) is 18.8 Å². The van der Waals surface area contributed by atoms with E-state index in [-0.39, 0.29) is 5.91 Å². The Labute approximate surface area is 180 Å². The second-order valence-electron chi connectivity index (χ2n) is 8.11. The number of fused-ring (bicyclic) bond motifs is 1. The summed E-state index contributed by atoms with van der Waals surface area (Å²) in [5.74, 6) is 2.24. The van der Waals surface area contributed by atoms with E-state index in [1.165, 1.54) is 35.1 Å². The van der Waals surface area contributed by atoms with E-state index in [4.69, 9.17) is 14.4 Å². The van der Waals surface area contributed by atoms with Gasteiger partial charge in [0.15, 0.2) is 5.76 Å². The van der Waals surface area contributed by atoms with Crippen LogP contribution in [0.1, 0.15) is 40.3 Å². The Morgan fingerprint density at radius 1 is 1.00 bits per heavy atom. The third-order valence-corrected chi connectivity index (χ3v) is 7.34. The van der Waals surface area contributed by atoms with Gasteiger partial charge in [0.25, 0.3) is 5.91 Å². The van der Waals surface area contributed by atoms with Crippen molar-refractivity contribution in [2.75, 3.05) is 49.1 Å². The molecule has 1 amide bonds. The molecular formula is C22H27N5O2S. The maximum absolute atomic E-state index is 12.6. The highest BCUT2D eigenvalue weighted by molar-refractivity contribution is 7.18. The molecule has 0 N–H and O–H groups in total. The van der Waals surface area contributed by atoms with Gasteiger partial charge >= 0.3 is 0 Å². The SMILES string of the molecule is Cc1sc2nc(N3CCCCC3)nc(N3CCN(C(=O)c4ccco4)CC3)c2c1C. The molecule has 2 aliphatic rings. The second kappa shape index (κ2) is 7.91. The minimum atomic E-state index is -0.0379. The van der Waals surface area contributed by atoms with Gasteiger partial charge in [-0.25, -0.2) is 4.98 Å². The van der Waals surface area contributed by atoms with Crippen molar-refractivity contribution in [1.82, 2.24) is 14.9 Å². The summed E-state index contributed by atoms with van der Waals surface area (Å²) in [5, 5.41) is 1.17. The fourth-order valence-corrected chi connectivity index (χ4v) is 5.38. The lowest BCUT2D eigenvalue weighted by molar-refractivity contribution is 0.0714. The van der Waals surface area contributed by atoms with Crippen LogP contribution in [0.2, 0.25) is 0 Å². The lowest BCUT2D eigenvalue weighted by atomic mass is 10.1. The van der Waals surface area contributed by atoms with E-state index >= 15 is 0 Å². The number of aryl methyl sites for hydroxylation is 2. The molecule has 2 fully saturated rings. The smallest absolute Gasteiger partial charge is 0.289 e. The average molecular weight is 426 g/mol. The summed E-state index contributed by atoms with van der Waals surface area (Å²) in [5.41, 5.74) is 1.27. The number of hydrogen-bond donors (Lipinski definition) is 0. The number of thiophene rings is 1. The molecule has 0 saturated carbocycles. The van der Waals surface area contributed by atoms with Crippen molar-refractivity contribution in [2.45, 2.75) is 33.1 Å². The third kappa shape index (κ3) is 3.43. The maximum atomic E-state index is 12.6. The summed E-state index contributed by atoms with van der Waals surface area (Å²) in [6.45, 7) is 9.21. The first-order chi connectivity index (χ1) is 14.6. The number of furan rings is 1. The van der Waals surface area contributed by atoms with E-state index in [1.807, 2.05) is 4.90 Å². The summed E-state index contributed by atoms with van der Waals surface area (Å²) >= 11 is 1.76. The molecular weight excluding hydrogens is 398 g/mol. The Hall–Kier alpha value is -2.61. The summed E-state index contributed by atoms with van der Waals surface area (Å²) in [6, 6.07) is 3.48. The van der Waals surface area contributed by atoms with Crippen molar-refractivity contribution >= 4 is 39.2 Å².